The quantitative estimate of drug-likeness (QED) is 0.705. The van der Waals surface area contributed by atoms with Crippen LogP contribution in [0.25, 0.3) is 0 Å². The number of anilines is 1. The van der Waals surface area contributed by atoms with E-state index >= 15 is 0 Å². The van der Waals surface area contributed by atoms with Gasteiger partial charge in [-0.25, -0.2) is 0 Å². The average Bonchev–Trinajstić information content (AvgIpc) is 2.74. The molecule has 0 fully saturated rings. The summed E-state index contributed by atoms with van der Waals surface area (Å²) >= 11 is 5.40. The first-order valence-electron chi connectivity index (χ1n) is 6.76. The average molecular weight is 338 g/mol. The van der Waals surface area contributed by atoms with Crippen molar-refractivity contribution in [2.24, 2.45) is 0 Å². The standard InChI is InChI=1S/C16H20BrNS/c1-3-4-5-13-6-8-14(9-7-13)18-11-15-10-16(17)12(2)19-15/h6-10,18H,3-5,11H2,1-2H3. The normalized spacial score (nSPS) is 10.7. The van der Waals surface area contributed by atoms with Crippen LogP contribution in [-0.4, -0.2) is 0 Å². The summed E-state index contributed by atoms with van der Waals surface area (Å²) in [6.45, 7) is 5.27. The van der Waals surface area contributed by atoms with Gasteiger partial charge < -0.3 is 5.32 Å². The molecule has 1 N–H and O–H groups in total. The molecule has 19 heavy (non-hydrogen) atoms. The van der Waals surface area contributed by atoms with Gasteiger partial charge in [0, 0.05) is 26.5 Å². The van der Waals surface area contributed by atoms with Crippen LogP contribution in [0.15, 0.2) is 34.8 Å². The zero-order valence-electron chi connectivity index (χ0n) is 11.5. The van der Waals surface area contributed by atoms with Crippen LogP contribution >= 0.6 is 27.3 Å². The van der Waals surface area contributed by atoms with E-state index in [0.717, 1.165) is 6.54 Å². The van der Waals surface area contributed by atoms with E-state index < -0.39 is 0 Å². The molecule has 0 aliphatic heterocycles. The number of nitrogens with one attached hydrogen (secondary N) is 1. The molecule has 0 bridgehead atoms. The molecule has 2 rings (SSSR count). The smallest absolute Gasteiger partial charge is 0.0494 e. The summed E-state index contributed by atoms with van der Waals surface area (Å²) in [7, 11) is 0. The molecule has 0 saturated heterocycles. The van der Waals surface area contributed by atoms with E-state index in [0.29, 0.717) is 0 Å². The highest BCUT2D eigenvalue weighted by atomic mass is 79.9. The van der Waals surface area contributed by atoms with E-state index in [2.05, 4.69) is 65.4 Å². The number of halogens is 1. The van der Waals surface area contributed by atoms with Crippen LogP contribution < -0.4 is 5.32 Å². The molecule has 0 radical (unpaired) electrons. The monoisotopic (exact) mass is 337 g/mol. The van der Waals surface area contributed by atoms with Gasteiger partial charge in [-0.15, -0.1) is 11.3 Å². The first-order chi connectivity index (χ1) is 9.19. The van der Waals surface area contributed by atoms with Gasteiger partial charge in [0.25, 0.3) is 0 Å². The van der Waals surface area contributed by atoms with Gasteiger partial charge >= 0.3 is 0 Å². The van der Waals surface area contributed by atoms with Crippen molar-refractivity contribution in [2.45, 2.75) is 39.7 Å². The van der Waals surface area contributed by atoms with E-state index in [1.807, 2.05) is 11.3 Å². The molecule has 1 aromatic carbocycles. The summed E-state index contributed by atoms with van der Waals surface area (Å²) in [4.78, 5) is 2.70. The van der Waals surface area contributed by atoms with E-state index in [4.69, 9.17) is 0 Å². The van der Waals surface area contributed by atoms with Gasteiger partial charge in [0.2, 0.25) is 0 Å². The second-order valence-corrected chi connectivity index (χ2v) is 6.97. The molecule has 3 heteroatoms. The van der Waals surface area contributed by atoms with Gasteiger partial charge in [-0.2, -0.15) is 0 Å². The number of rotatable bonds is 6. The minimum atomic E-state index is 0.894. The number of hydrogen-bond acceptors (Lipinski definition) is 2. The van der Waals surface area contributed by atoms with E-state index in [1.165, 1.54) is 44.7 Å². The van der Waals surface area contributed by atoms with Gasteiger partial charge in [-0.1, -0.05) is 25.5 Å². The van der Waals surface area contributed by atoms with Crippen molar-refractivity contribution in [1.29, 1.82) is 0 Å². The molecule has 102 valence electrons. The molecule has 0 atom stereocenters. The number of aryl methyl sites for hydroxylation is 2. The fraction of sp³-hybridized carbons (Fsp3) is 0.375. The zero-order valence-corrected chi connectivity index (χ0v) is 13.9. The first-order valence-corrected chi connectivity index (χ1v) is 8.37. The molecular formula is C16H20BrNS. The lowest BCUT2D eigenvalue weighted by molar-refractivity contribution is 0.795. The zero-order chi connectivity index (χ0) is 13.7. The van der Waals surface area contributed by atoms with Gasteiger partial charge in [0.1, 0.15) is 0 Å². The summed E-state index contributed by atoms with van der Waals surface area (Å²) in [5.41, 5.74) is 2.63. The van der Waals surface area contributed by atoms with Crippen molar-refractivity contribution in [3.63, 3.8) is 0 Å². The fourth-order valence-corrected chi connectivity index (χ4v) is 3.51. The summed E-state index contributed by atoms with van der Waals surface area (Å²) in [5, 5.41) is 3.47. The Bertz CT molecular complexity index is 497. The van der Waals surface area contributed by atoms with Crippen LogP contribution in [0.3, 0.4) is 0 Å². The molecule has 0 saturated carbocycles. The number of benzene rings is 1. The molecule has 0 aliphatic rings. The maximum Gasteiger partial charge on any atom is 0.0494 e. The molecule has 0 aliphatic carbocycles. The Balaban J connectivity index is 1.89. The van der Waals surface area contributed by atoms with Crippen molar-refractivity contribution in [3.8, 4) is 0 Å². The van der Waals surface area contributed by atoms with E-state index in [9.17, 15) is 0 Å². The second kappa shape index (κ2) is 7.11. The Labute approximate surface area is 128 Å². The van der Waals surface area contributed by atoms with E-state index in [1.54, 1.807) is 0 Å². The molecule has 1 heterocycles. The van der Waals surface area contributed by atoms with Crippen LogP contribution in [0.1, 0.15) is 35.1 Å². The van der Waals surface area contributed by atoms with Gasteiger partial charge in [0.15, 0.2) is 0 Å². The number of unbranched alkanes of at least 4 members (excludes halogenated alkanes) is 1. The Morgan fingerprint density at radius 2 is 1.95 bits per heavy atom. The number of hydrogen-bond donors (Lipinski definition) is 1. The summed E-state index contributed by atoms with van der Waals surface area (Å²) in [6.07, 6.45) is 3.72. The Hall–Kier alpha value is -0.800. The third kappa shape index (κ3) is 4.36. The van der Waals surface area contributed by atoms with Gasteiger partial charge in [0.05, 0.1) is 0 Å². The topological polar surface area (TPSA) is 12.0 Å². The SMILES string of the molecule is CCCCc1ccc(NCc2cc(Br)c(C)s2)cc1. The lowest BCUT2D eigenvalue weighted by Gasteiger charge is -2.06. The summed E-state index contributed by atoms with van der Waals surface area (Å²) < 4.78 is 1.21. The Morgan fingerprint density at radius 3 is 2.53 bits per heavy atom. The molecule has 1 nitrogen and oxygen atoms in total. The van der Waals surface area contributed by atoms with Crippen molar-refractivity contribution in [2.75, 3.05) is 5.32 Å². The van der Waals surface area contributed by atoms with Gasteiger partial charge in [-0.05, 0) is 59.5 Å². The predicted molar refractivity (Wildman–Crippen MR) is 89.1 cm³/mol. The van der Waals surface area contributed by atoms with Gasteiger partial charge in [-0.3, -0.25) is 0 Å². The van der Waals surface area contributed by atoms with Crippen LogP contribution in [0, 0.1) is 6.92 Å². The first kappa shape index (κ1) is 14.6. The Kier molecular flexibility index (Phi) is 5.46. The second-order valence-electron chi connectivity index (χ2n) is 4.77. The minimum absolute atomic E-state index is 0.894. The van der Waals surface area contributed by atoms with Crippen molar-refractivity contribution in [3.05, 3.63) is 50.1 Å². The Morgan fingerprint density at radius 1 is 1.21 bits per heavy atom. The third-order valence-electron chi connectivity index (χ3n) is 3.15. The highest BCUT2D eigenvalue weighted by molar-refractivity contribution is 9.10. The predicted octanol–water partition coefficient (Wildman–Crippen LogP) is 5.77. The van der Waals surface area contributed by atoms with Crippen molar-refractivity contribution >= 4 is 33.0 Å². The summed E-state index contributed by atoms with van der Waals surface area (Å²) in [5.74, 6) is 0. The van der Waals surface area contributed by atoms with Crippen LogP contribution in [0.4, 0.5) is 5.69 Å². The highest BCUT2D eigenvalue weighted by Gasteiger charge is 2.02. The fourth-order valence-electron chi connectivity index (χ4n) is 1.96. The van der Waals surface area contributed by atoms with E-state index in [-0.39, 0.29) is 0 Å². The molecule has 1 aromatic heterocycles. The number of thiophene rings is 1. The molecular weight excluding hydrogens is 318 g/mol. The molecule has 0 unspecified atom stereocenters. The minimum Gasteiger partial charge on any atom is -0.380 e. The maximum absolute atomic E-state index is 3.56. The largest absolute Gasteiger partial charge is 0.380 e. The highest BCUT2D eigenvalue weighted by Crippen LogP contribution is 2.26. The lowest BCUT2D eigenvalue weighted by Crippen LogP contribution is -1.97. The maximum atomic E-state index is 3.56. The van der Waals surface area contributed by atoms with Crippen molar-refractivity contribution in [1.82, 2.24) is 0 Å². The lowest BCUT2D eigenvalue weighted by atomic mass is 10.1. The molecule has 0 amide bonds. The van der Waals surface area contributed by atoms with Crippen LogP contribution in [0.5, 0.6) is 0 Å². The summed E-state index contributed by atoms with van der Waals surface area (Å²) in [6, 6.07) is 11.0. The molecule has 2 aromatic rings. The van der Waals surface area contributed by atoms with Crippen molar-refractivity contribution < 1.29 is 0 Å². The third-order valence-corrected chi connectivity index (χ3v) is 5.28. The molecule has 0 spiro atoms. The van der Waals surface area contributed by atoms with Crippen LogP contribution in [0.2, 0.25) is 0 Å². The van der Waals surface area contributed by atoms with Crippen LogP contribution in [-0.2, 0) is 13.0 Å².